The minimum atomic E-state index is -0.251. The first-order valence-corrected chi connectivity index (χ1v) is 7.24. The number of ether oxygens (including phenoxy) is 1. The summed E-state index contributed by atoms with van der Waals surface area (Å²) in [5.41, 5.74) is 1.65. The number of unbranched alkanes of at least 4 members (excludes halogenated alkanes) is 1. The number of nitrogens with zero attached hydrogens (tertiary/aromatic N) is 1. The van der Waals surface area contributed by atoms with E-state index in [4.69, 9.17) is 4.74 Å². The molecule has 1 N–H and O–H groups in total. The molecule has 120 valence electrons. The molecule has 0 saturated carbocycles. The van der Waals surface area contributed by atoms with Crippen LogP contribution in [0.25, 0.3) is 0 Å². The van der Waals surface area contributed by atoms with Crippen LogP contribution in [0.2, 0.25) is 0 Å². The summed E-state index contributed by atoms with van der Waals surface area (Å²) in [5.74, 6) is -0.251. The Morgan fingerprint density at radius 1 is 1.19 bits per heavy atom. The molecular weight excluding hydrogens is 379 g/mol. The van der Waals surface area contributed by atoms with E-state index in [2.05, 4.69) is 33.4 Å². The molecule has 0 aromatic heterocycles. The van der Waals surface area contributed by atoms with Crippen molar-refractivity contribution < 1.29 is 38.0 Å². The first-order chi connectivity index (χ1) is 9.42. The fourth-order valence-corrected chi connectivity index (χ4v) is 1.63. The molecule has 4 nitrogen and oxygen atoms in total. The lowest BCUT2D eigenvalue weighted by Gasteiger charge is -2.23. The lowest BCUT2D eigenvalue weighted by Crippen LogP contribution is -3.00. The van der Waals surface area contributed by atoms with E-state index in [9.17, 15) is 4.79 Å². The molecule has 1 aromatic carbocycles. The molecule has 0 unspecified atom stereocenters. The third kappa shape index (κ3) is 8.93. The lowest BCUT2D eigenvalue weighted by molar-refractivity contribution is -0.870. The summed E-state index contributed by atoms with van der Waals surface area (Å²) in [4.78, 5) is 11.9. The number of hydrogen-bond acceptors (Lipinski definition) is 3. The summed E-state index contributed by atoms with van der Waals surface area (Å²) in [7, 11) is 6.22. The number of benzene rings is 1. The minimum absolute atomic E-state index is 0. The lowest BCUT2D eigenvalue weighted by atomic mass is 10.2. The molecule has 0 amide bonds. The molecule has 0 radical (unpaired) electrons. The van der Waals surface area contributed by atoms with Crippen LogP contribution in [0.5, 0.6) is 0 Å². The molecule has 0 saturated heterocycles. The van der Waals surface area contributed by atoms with Gasteiger partial charge in [-0.2, -0.15) is 0 Å². The van der Waals surface area contributed by atoms with E-state index in [1.54, 1.807) is 0 Å². The fraction of sp³-hybridized carbons (Fsp3) is 0.562. The summed E-state index contributed by atoms with van der Waals surface area (Å²) in [6.45, 7) is 4.38. The van der Waals surface area contributed by atoms with Gasteiger partial charge in [-0.3, -0.25) is 0 Å². The third-order valence-electron chi connectivity index (χ3n) is 2.98. The third-order valence-corrected chi connectivity index (χ3v) is 2.98. The van der Waals surface area contributed by atoms with Crippen LogP contribution in [-0.4, -0.2) is 51.3 Å². The number of nitrogens with one attached hydrogen (secondary N) is 1. The van der Waals surface area contributed by atoms with Crippen LogP contribution in [0.15, 0.2) is 24.3 Å². The van der Waals surface area contributed by atoms with Gasteiger partial charge in [0.2, 0.25) is 0 Å². The smallest absolute Gasteiger partial charge is 0.338 e. The maximum Gasteiger partial charge on any atom is 0.338 e. The maximum absolute atomic E-state index is 11.9. The molecule has 0 aliphatic heterocycles. The number of hydrogen-bond donors (Lipinski definition) is 1. The number of carbonyl (C=O) groups is 1. The van der Waals surface area contributed by atoms with E-state index in [1.165, 1.54) is 6.42 Å². The number of halogens is 1. The van der Waals surface area contributed by atoms with E-state index in [1.807, 2.05) is 24.3 Å². The standard InChI is InChI=1S/C16H26N2O2.HI/c1-5-6-11-17-15-9-7-14(8-10-15)16(19)20-13-12-18(2,3)4;/h7-10H,5-6,11-13H2,1-4H3;1H. The first kappa shape index (κ1) is 20.2. The number of esters is 1. The minimum Gasteiger partial charge on any atom is -1.00 e. The highest BCUT2D eigenvalue weighted by atomic mass is 127. The molecule has 0 aliphatic carbocycles. The van der Waals surface area contributed by atoms with Gasteiger partial charge in [0.15, 0.2) is 0 Å². The predicted molar refractivity (Wildman–Crippen MR) is 83.0 cm³/mol. The molecule has 1 aromatic rings. The molecule has 0 fully saturated rings. The molecule has 21 heavy (non-hydrogen) atoms. The SMILES string of the molecule is CCCCNc1ccc(C(=O)OCC[N+](C)(C)C)cc1.[I-]. The zero-order valence-corrected chi connectivity index (χ0v) is 15.6. The van der Waals surface area contributed by atoms with Gasteiger partial charge in [0, 0.05) is 12.2 Å². The molecule has 0 spiro atoms. The zero-order chi connectivity index (χ0) is 15.0. The van der Waals surface area contributed by atoms with Crippen molar-refractivity contribution in [3.8, 4) is 0 Å². The molecule has 0 atom stereocenters. The Balaban J connectivity index is 0.00000400. The van der Waals surface area contributed by atoms with Crippen molar-refractivity contribution in [1.82, 2.24) is 0 Å². The Labute approximate surface area is 145 Å². The second-order valence-corrected chi connectivity index (χ2v) is 6.01. The number of rotatable bonds is 8. The molecule has 0 aliphatic rings. The van der Waals surface area contributed by atoms with Crippen molar-refractivity contribution in [2.24, 2.45) is 0 Å². The Bertz CT molecular complexity index is 413. The highest BCUT2D eigenvalue weighted by Crippen LogP contribution is 2.11. The van der Waals surface area contributed by atoms with E-state index < -0.39 is 0 Å². The highest BCUT2D eigenvalue weighted by molar-refractivity contribution is 5.89. The van der Waals surface area contributed by atoms with Gasteiger partial charge in [-0.25, -0.2) is 4.79 Å². The maximum atomic E-state index is 11.9. The van der Waals surface area contributed by atoms with Crippen LogP contribution < -0.4 is 29.3 Å². The van der Waals surface area contributed by atoms with Crippen LogP contribution >= 0.6 is 0 Å². The van der Waals surface area contributed by atoms with Crippen molar-refractivity contribution in [1.29, 1.82) is 0 Å². The van der Waals surface area contributed by atoms with Crippen molar-refractivity contribution in [2.75, 3.05) is 46.2 Å². The monoisotopic (exact) mass is 406 g/mol. The number of likely N-dealkylation sites (N-methyl/N-ethyl adjacent to an activating group) is 1. The largest absolute Gasteiger partial charge is 1.00 e. The van der Waals surface area contributed by atoms with Crippen molar-refractivity contribution in [2.45, 2.75) is 19.8 Å². The van der Waals surface area contributed by atoms with Gasteiger partial charge >= 0.3 is 5.97 Å². The second kappa shape index (κ2) is 10.00. The predicted octanol–water partition coefficient (Wildman–Crippen LogP) is -0.234. The van der Waals surface area contributed by atoms with Gasteiger partial charge in [-0.15, -0.1) is 0 Å². The van der Waals surface area contributed by atoms with Crippen LogP contribution in [0.4, 0.5) is 5.69 Å². The molecule has 5 heteroatoms. The van der Waals surface area contributed by atoms with E-state index in [-0.39, 0.29) is 29.9 Å². The van der Waals surface area contributed by atoms with Gasteiger partial charge in [0.05, 0.1) is 26.7 Å². The van der Waals surface area contributed by atoms with E-state index in [0.29, 0.717) is 12.2 Å². The summed E-state index contributed by atoms with van der Waals surface area (Å²) in [6, 6.07) is 7.46. The van der Waals surface area contributed by atoms with Crippen molar-refractivity contribution >= 4 is 11.7 Å². The fourth-order valence-electron chi connectivity index (χ4n) is 1.63. The number of quaternary nitrogens is 1. The Morgan fingerprint density at radius 2 is 1.81 bits per heavy atom. The average Bonchev–Trinajstić information content (AvgIpc) is 2.38. The summed E-state index contributed by atoms with van der Waals surface area (Å²) in [6.07, 6.45) is 2.32. The van der Waals surface area contributed by atoms with Crippen molar-refractivity contribution in [3.63, 3.8) is 0 Å². The van der Waals surface area contributed by atoms with Gasteiger partial charge in [-0.05, 0) is 30.7 Å². The van der Waals surface area contributed by atoms with Gasteiger partial charge < -0.3 is 38.5 Å². The van der Waals surface area contributed by atoms with Crippen LogP contribution in [0, 0.1) is 0 Å². The Morgan fingerprint density at radius 3 is 2.33 bits per heavy atom. The van der Waals surface area contributed by atoms with Gasteiger partial charge in [0.25, 0.3) is 0 Å². The summed E-state index contributed by atoms with van der Waals surface area (Å²) >= 11 is 0. The number of anilines is 1. The normalized spacial score (nSPS) is 10.7. The average molecular weight is 406 g/mol. The molecule has 0 bridgehead atoms. The Kier molecular flexibility index (Phi) is 9.61. The van der Waals surface area contributed by atoms with Gasteiger partial charge in [0.1, 0.15) is 13.2 Å². The quantitative estimate of drug-likeness (QED) is 0.281. The van der Waals surface area contributed by atoms with Crippen LogP contribution in [0.3, 0.4) is 0 Å². The first-order valence-electron chi connectivity index (χ1n) is 7.24. The number of carbonyl (C=O) groups excluding carboxylic acids is 1. The zero-order valence-electron chi connectivity index (χ0n) is 13.5. The van der Waals surface area contributed by atoms with E-state index >= 15 is 0 Å². The topological polar surface area (TPSA) is 38.3 Å². The van der Waals surface area contributed by atoms with Crippen molar-refractivity contribution in [3.05, 3.63) is 29.8 Å². The second-order valence-electron chi connectivity index (χ2n) is 6.01. The molecule has 0 heterocycles. The molecule has 1 rings (SSSR count). The molecular formula is C16H27IN2O2. The van der Waals surface area contributed by atoms with Crippen LogP contribution in [0.1, 0.15) is 30.1 Å². The highest BCUT2D eigenvalue weighted by Gasteiger charge is 2.11. The Hall–Kier alpha value is -0.820. The van der Waals surface area contributed by atoms with Crippen LogP contribution in [-0.2, 0) is 4.74 Å². The van der Waals surface area contributed by atoms with E-state index in [0.717, 1.165) is 29.7 Å². The summed E-state index contributed by atoms with van der Waals surface area (Å²) < 4.78 is 6.05. The summed E-state index contributed by atoms with van der Waals surface area (Å²) in [5, 5.41) is 3.32. The van der Waals surface area contributed by atoms with Gasteiger partial charge in [-0.1, -0.05) is 13.3 Å².